The molecule has 1 N–H and O–H groups in total. The SMILES string of the molecule is CCOc1ccccc1CCNS(=O)(=O)c1ccc(C)cc1. The van der Waals surface area contributed by atoms with E-state index >= 15 is 0 Å². The lowest BCUT2D eigenvalue weighted by atomic mass is 10.1. The van der Waals surface area contributed by atoms with Crippen molar-refractivity contribution in [2.24, 2.45) is 0 Å². The summed E-state index contributed by atoms with van der Waals surface area (Å²) in [7, 11) is -3.46. The van der Waals surface area contributed by atoms with Crippen LogP contribution in [0.3, 0.4) is 0 Å². The van der Waals surface area contributed by atoms with Gasteiger partial charge in [0.2, 0.25) is 10.0 Å². The van der Waals surface area contributed by atoms with E-state index in [0.29, 0.717) is 19.6 Å². The number of rotatable bonds is 7. The number of ether oxygens (including phenoxy) is 1. The summed E-state index contributed by atoms with van der Waals surface area (Å²) in [5, 5.41) is 0. The topological polar surface area (TPSA) is 55.4 Å². The molecule has 0 aliphatic heterocycles. The number of hydrogen-bond acceptors (Lipinski definition) is 3. The molecule has 0 amide bonds. The number of hydrogen-bond donors (Lipinski definition) is 1. The minimum absolute atomic E-state index is 0.288. The zero-order valence-corrected chi connectivity index (χ0v) is 13.7. The summed E-state index contributed by atoms with van der Waals surface area (Å²) in [5.41, 5.74) is 2.03. The maximum absolute atomic E-state index is 12.2. The van der Waals surface area contributed by atoms with Gasteiger partial charge in [-0.3, -0.25) is 0 Å². The first-order valence-corrected chi connectivity index (χ1v) is 8.78. The van der Waals surface area contributed by atoms with Crippen molar-refractivity contribution in [3.63, 3.8) is 0 Å². The Morgan fingerprint density at radius 1 is 1.05 bits per heavy atom. The zero-order chi connectivity index (χ0) is 16.0. The Kier molecular flexibility index (Phi) is 5.57. The van der Waals surface area contributed by atoms with Gasteiger partial charge in [0.25, 0.3) is 0 Å². The van der Waals surface area contributed by atoms with Crippen molar-refractivity contribution in [2.75, 3.05) is 13.2 Å². The van der Waals surface area contributed by atoms with Gasteiger partial charge in [0.15, 0.2) is 0 Å². The molecule has 2 rings (SSSR count). The third-order valence-electron chi connectivity index (χ3n) is 3.29. The average Bonchev–Trinajstić information content (AvgIpc) is 2.49. The molecule has 0 aliphatic rings. The Balaban J connectivity index is 2.00. The standard InChI is InChI=1S/C17H21NO3S/c1-3-21-17-7-5-4-6-15(17)12-13-18-22(19,20)16-10-8-14(2)9-11-16/h4-11,18H,3,12-13H2,1-2H3. The molecular formula is C17H21NO3S. The highest BCUT2D eigenvalue weighted by molar-refractivity contribution is 7.89. The summed E-state index contributed by atoms with van der Waals surface area (Å²) in [4.78, 5) is 0.288. The van der Waals surface area contributed by atoms with Gasteiger partial charge in [-0.25, -0.2) is 13.1 Å². The molecule has 22 heavy (non-hydrogen) atoms. The van der Waals surface area contributed by atoms with Gasteiger partial charge in [-0.05, 0) is 44.0 Å². The van der Waals surface area contributed by atoms with Crippen LogP contribution in [0, 0.1) is 6.92 Å². The van der Waals surface area contributed by atoms with Gasteiger partial charge in [0.1, 0.15) is 5.75 Å². The molecular weight excluding hydrogens is 298 g/mol. The number of sulfonamides is 1. The van der Waals surface area contributed by atoms with E-state index in [-0.39, 0.29) is 4.90 Å². The van der Waals surface area contributed by atoms with E-state index in [1.54, 1.807) is 24.3 Å². The van der Waals surface area contributed by atoms with E-state index in [4.69, 9.17) is 4.74 Å². The summed E-state index contributed by atoms with van der Waals surface area (Å²) in [6.07, 6.45) is 0.585. The van der Waals surface area contributed by atoms with Gasteiger partial charge < -0.3 is 4.74 Å². The van der Waals surface area contributed by atoms with Crippen molar-refractivity contribution in [3.05, 3.63) is 59.7 Å². The van der Waals surface area contributed by atoms with Crippen molar-refractivity contribution in [1.29, 1.82) is 0 Å². The highest BCUT2D eigenvalue weighted by Gasteiger charge is 2.13. The maximum atomic E-state index is 12.2. The first-order chi connectivity index (χ1) is 10.5. The van der Waals surface area contributed by atoms with Crippen LogP contribution in [0.2, 0.25) is 0 Å². The highest BCUT2D eigenvalue weighted by Crippen LogP contribution is 2.18. The molecule has 0 aromatic heterocycles. The molecule has 5 heteroatoms. The lowest BCUT2D eigenvalue weighted by Gasteiger charge is -2.11. The first kappa shape index (κ1) is 16.5. The Labute approximate surface area is 132 Å². The summed E-state index contributed by atoms with van der Waals surface area (Å²) in [5.74, 6) is 0.805. The molecule has 118 valence electrons. The second kappa shape index (κ2) is 7.42. The van der Waals surface area contributed by atoms with E-state index in [9.17, 15) is 8.42 Å². The van der Waals surface area contributed by atoms with Crippen molar-refractivity contribution in [1.82, 2.24) is 4.72 Å². The zero-order valence-electron chi connectivity index (χ0n) is 12.9. The van der Waals surface area contributed by atoms with Gasteiger partial charge >= 0.3 is 0 Å². The van der Waals surface area contributed by atoms with Crippen molar-refractivity contribution < 1.29 is 13.2 Å². The fraction of sp³-hybridized carbons (Fsp3) is 0.294. The van der Waals surface area contributed by atoms with E-state index in [1.807, 2.05) is 38.1 Å². The molecule has 2 aromatic rings. The van der Waals surface area contributed by atoms with E-state index in [2.05, 4.69) is 4.72 Å². The number of nitrogens with one attached hydrogen (secondary N) is 1. The first-order valence-electron chi connectivity index (χ1n) is 7.30. The average molecular weight is 319 g/mol. The smallest absolute Gasteiger partial charge is 0.240 e. The van der Waals surface area contributed by atoms with Gasteiger partial charge in [-0.1, -0.05) is 35.9 Å². The van der Waals surface area contributed by atoms with Crippen LogP contribution in [0.5, 0.6) is 5.75 Å². The summed E-state index contributed by atoms with van der Waals surface area (Å²) >= 11 is 0. The van der Waals surface area contributed by atoms with E-state index in [0.717, 1.165) is 16.9 Å². The lowest BCUT2D eigenvalue weighted by Crippen LogP contribution is -2.26. The second-order valence-electron chi connectivity index (χ2n) is 5.00. The Bertz CT molecular complexity index is 709. The largest absolute Gasteiger partial charge is 0.494 e. The van der Waals surface area contributed by atoms with E-state index in [1.165, 1.54) is 0 Å². The molecule has 0 radical (unpaired) electrons. The minimum atomic E-state index is -3.46. The maximum Gasteiger partial charge on any atom is 0.240 e. The predicted octanol–water partition coefficient (Wildman–Crippen LogP) is 2.91. The van der Waals surface area contributed by atoms with Crippen molar-refractivity contribution >= 4 is 10.0 Å². The predicted molar refractivity (Wildman–Crippen MR) is 87.7 cm³/mol. The number of aryl methyl sites for hydroxylation is 1. The van der Waals surface area contributed by atoms with Crippen LogP contribution in [0.4, 0.5) is 0 Å². The minimum Gasteiger partial charge on any atom is -0.494 e. The molecule has 4 nitrogen and oxygen atoms in total. The Morgan fingerprint density at radius 3 is 2.41 bits per heavy atom. The molecule has 0 aliphatic carbocycles. The third kappa shape index (κ3) is 4.32. The number of benzene rings is 2. The summed E-state index contributed by atoms with van der Waals surface area (Å²) < 4.78 is 32.6. The van der Waals surface area contributed by atoms with Crippen molar-refractivity contribution in [3.8, 4) is 5.75 Å². The summed E-state index contributed by atoms with van der Waals surface area (Å²) in [6, 6.07) is 14.5. The molecule has 0 heterocycles. The molecule has 0 fully saturated rings. The lowest BCUT2D eigenvalue weighted by molar-refractivity contribution is 0.336. The molecule has 0 atom stereocenters. The van der Waals surface area contributed by atoms with Crippen molar-refractivity contribution in [2.45, 2.75) is 25.2 Å². The van der Waals surface area contributed by atoms with Crippen LogP contribution in [-0.2, 0) is 16.4 Å². The fourth-order valence-electron chi connectivity index (χ4n) is 2.13. The fourth-order valence-corrected chi connectivity index (χ4v) is 3.16. The van der Waals surface area contributed by atoms with Crippen LogP contribution in [-0.4, -0.2) is 21.6 Å². The van der Waals surface area contributed by atoms with Crippen LogP contribution in [0.1, 0.15) is 18.1 Å². The van der Waals surface area contributed by atoms with Crippen LogP contribution < -0.4 is 9.46 Å². The van der Waals surface area contributed by atoms with Crippen LogP contribution in [0.15, 0.2) is 53.4 Å². The monoisotopic (exact) mass is 319 g/mol. The number of para-hydroxylation sites is 1. The van der Waals surface area contributed by atoms with E-state index < -0.39 is 10.0 Å². The third-order valence-corrected chi connectivity index (χ3v) is 4.77. The van der Waals surface area contributed by atoms with Gasteiger partial charge in [-0.15, -0.1) is 0 Å². The van der Waals surface area contributed by atoms with Gasteiger partial charge in [0, 0.05) is 6.54 Å². The summed E-state index contributed by atoms with van der Waals surface area (Å²) in [6.45, 7) is 4.78. The normalized spacial score (nSPS) is 11.4. The Morgan fingerprint density at radius 2 is 1.73 bits per heavy atom. The quantitative estimate of drug-likeness (QED) is 0.854. The van der Waals surface area contributed by atoms with Gasteiger partial charge in [0.05, 0.1) is 11.5 Å². The molecule has 2 aromatic carbocycles. The molecule has 0 saturated carbocycles. The second-order valence-corrected chi connectivity index (χ2v) is 6.77. The molecule has 0 bridgehead atoms. The Hall–Kier alpha value is -1.85. The molecule has 0 unspecified atom stereocenters. The van der Waals surface area contributed by atoms with Crippen LogP contribution in [0.25, 0.3) is 0 Å². The van der Waals surface area contributed by atoms with Gasteiger partial charge in [-0.2, -0.15) is 0 Å². The molecule has 0 spiro atoms. The molecule has 0 saturated heterocycles. The van der Waals surface area contributed by atoms with Crippen LogP contribution >= 0.6 is 0 Å². The highest BCUT2D eigenvalue weighted by atomic mass is 32.2.